The van der Waals surface area contributed by atoms with Crippen molar-refractivity contribution in [3.63, 3.8) is 0 Å². The molecule has 0 saturated heterocycles. The molecule has 4 fully saturated rings. The van der Waals surface area contributed by atoms with Gasteiger partial charge in [-0.1, -0.05) is 19.8 Å². The summed E-state index contributed by atoms with van der Waals surface area (Å²) < 4.78 is 0. The average molecular weight is 495 g/mol. The van der Waals surface area contributed by atoms with Gasteiger partial charge >= 0.3 is 0 Å². The van der Waals surface area contributed by atoms with Crippen LogP contribution in [-0.4, -0.2) is 57.2 Å². The zero-order chi connectivity index (χ0) is 24.1. The maximum atomic E-state index is 10.2. The molecule has 0 amide bonds. The smallest absolute Gasteiger partial charge is 0.0543 e. The van der Waals surface area contributed by atoms with Gasteiger partial charge in [-0.05, 0) is 145 Å². The first-order chi connectivity index (χ1) is 16.4. The van der Waals surface area contributed by atoms with Crippen molar-refractivity contribution in [2.45, 2.75) is 121 Å². The third-order valence-corrected chi connectivity index (χ3v) is 12.4. The van der Waals surface area contributed by atoms with Gasteiger partial charge in [-0.25, -0.2) is 0 Å². The zero-order valence-electron chi connectivity index (χ0n) is 21.5. The lowest BCUT2D eigenvalue weighted by Gasteiger charge is -2.32. The molecule has 0 aliphatic heterocycles. The van der Waals surface area contributed by atoms with Gasteiger partial charge < -0.3 is 20.4 Å². The van der Waals surface area contributed by atoms with Crippen molar-refractivity contribution >= 4 is 7.92 Å². The first-order valence-electron chi connectivity index (χ1n) is 14.5. The Labute approximate surface area is 209 Å². The molecule has 0 radical (unpaired) electrons. The van der Waals surface area contributed by atoms with E-state index in [1.54, 1.807) is 0 Å². The minimum absolute atomic E-state index is 0.111. The van der Waals surface area contributed by atoms with Gasteiger partial charge in [0.25, 0.3) is 0 Å². The van der Waals surface area contributed by atoms with Gasteiger partial charge in [0, 0.05) is 0 Å². The first-order valence-corrected chi connectivity index (χ1v) is 16.3. The highest BCUT2D eigenvalue weighted by molar-refractivity contribution is 7.60. The summed E-state index contributed by atoms with van der Waals surface area (Å²) in [5, 5.41) is 40.8. The van der Waals surface area contributed by atoms with Crippen molar-refractivity contribution in [1.82, 2.24) is 0 Å². The standard InChI is InChI=1S/C29H51O4P/c1-2-13-34(14-11-28(20-3-7-24(30)16-20)21-4-8-25(31)17-21)15-12-29(22-5-9-26(32)18-22)23-6-10-27(33)19-23/h2,13,20-33H,3-12,14-19H2,1H3. The molecule has 4 N–H and O–H groups in total. The van der Waals surface area contributed by atoms with Crippen LogP contribution in [0.25, 0.3) is 0 Å². The maximum Gasteiger partial charge on any atom is 0.0543 e. The fraction of sp³-hybridized carbons (Fsp3) is 0.931. The summed E-state index contributed by atoms with van der Waals surface area (Å²) in [6, 6.07) is 0. The van der Waals surface area contributed by atoms with Crippen molar-refractivity contribution in [3.05, 3.63) is 11.9 Å². The van der Waals surface area contributed by atoms with Crippen LogP contribution >= 0.6 is 7.92 Å². The molecule has 4 nitrogen and oxygen atoms in total. The number of rotatable bonds is 11. The summed E-state index contributed by atoms with van der Waals surface area (Å²) >= 11 is 0. The molecular weight excluding hydrogens is 443 g/mol. The Hall–Kier alpha value is 0.01000. The van der Waals surface area contributed by atoms with E-state index in [2.05, 4.69) is 18.8 Å². The van der Waals surface area contributed by atoms with Gasteiger partial charge in [-0.3, -0.25) is 0 Å². The summed E-state index contributed by atoms with van der Waals surface area (Å²) in [6.07, 6.45) is 19.2. The van der Waals surface area contributed by atoms with E-state index >= 15 is 0 Å². The molecule has 4 aliphatic rings. The van der Waals surface area contributed by atoms with Crippen molar-refractivity contribution in [1.29, 1.82) is 0 Å². The van der Waals surface area contributed by atoms with Crippen molar-refractivity contribution < 1.29 is 20.4 Å². The van der Waals surface area contributed by atoms with Crippen LogP contribution < -0.4 is 0 Å². The third kappa shape index (κ3) is 7.28. The molecular formula is C29H51O4P. The Kier molecular flexibility index (Phi) is 10.3. The molecule has 196 valence electrons. The van der Waals surface area contributed by atoms with Gasteiger partial charge in [0.2, 0.25) is 0 Å². The van der Waals surface area contributed by atoms with Crippen LogP contribution in [0.1, 0.15) is 96.8 Å². The second-order valence-corrected chi connectivity index (χ2v) is 14.7. The van der Waals surface area contributed by atoms with Crippen LogP contribution in [0.2, 0.25) is 0 Å². The second-order valence-electron chi connectivity index (χ2n) is 12.3. The predicted octanol–water partition coefficient (Wildman–Crippen LogP) is 5.66. The largest absolute Gasteiger partial charge is 0.393 e. The fourth-order valence-corrected chi connectivity index (χ4v) is 10.5. The summed E-state index contributed by atoms with van der Waals surface area (Å²) in [4.78, 5) is 0. The van der Waals surface area contributed by atoms with Gasteiger partial charge in [0.15, 0.2) is 0 Å². The first kappa shape index (κ1) is 27.1. The molecule has 4 saturated carbocycles. The molecule has 0 spiro atoms. The lowest BCUT2D eigenvalue weighted by molar-refractivity contribution is 0.143. The van der Waals surface area contributed by atoms with E-state index in [1.165, 1.54) is 25.2 Å². The fourth-order valence-electron chi connectivity index (χ4n) is 8.34. The molecule has 0 aromatic rings. The van der Waals surface area contributed by atoms with E-state index < -0.39 is 0 Å². The number of aliphatic hydroxyl groups excluding tert-OH is 4. The topological polar surface area (TPSA) is 80.9 Å². The number of allylic oxidation sites excluding steroid dienone is 1. The normalized spacial score (nSPS) is 41.4. The third-order valence-electron chi connectivity index (χ3n) is 10.1. The Morgan fingerprint density at radius 2 is 0.912 bits per heavy atom. The highest BCUT2D eigenvalue weighted by Crippen LogP contribution is 2.50. The van der Waals surface area contributed by atoms with Crippen molar-refractivity contribution in [2.75, 3.05) is 12.3 Å². The molecule has 0 aromatic heterocycles. The van der Waals surface area contributed by atoms with Crippen LogP contribution in [-0.2, 0) is 0 Å². The molecule has 4 rings (SSSR count). The van der Waals surface area contributed by atoms with E-state index in [0.717, 1.165) is 77.0 Å². The van der Waals surface area contributed by atoms with Crippen molar-refractivity contribution in [2.24, 2.45) is 35.5 Å². The highest BCUT2D eigenvalue weighted by Gasteiger charge is 2.39. The molecule has 8 unspecified atom stereocenters. The van der Waals surface area contributed by atoms with Crippen LogP contribution in [0.5, 0.6) is 0 Å². The number of aliphatic hydroxyl groups is 4. The Morgan fingerprint density at radius 1 is 0.588 bits per heavy atom. The van der Waals surface area contributed by atoms with Crippen LogP contribution in [0, 0.1) is 35.5 Å². The Bertz CT molecular complexity index is 554. The van der Waals surface area contributed by atoms with E-state index in [9.17, 15) is 20.4 Å². The SMILES string of the molecule is CC=CP(CCC(C1CCC(O)C1)C1CCC(O)C1)CCC(C1CCC(O)C1)C1CCC(O)C1. The van der Waals surface area contributed by atoms with Crippen molar-refractivity contribution in [3.8, 4) is 0 Å². The van der Waals surface area contributed by atoms with Crippen LogP contribution in [0.3, 0.4) is 0 Å². The van der Waals surface area contributed by atoms with Crippen LogP contribution in [0.4, 0.5) is 0 Å². The molecule has 8 atom stereocenters. The minimum Gasteiger partial charge on any atom is -0.393 e. The quantitative estimate of drug-likeness (QED) is 0.280. The molecule has 0 bridgehead atoms. The van der Waals surface area contributed by atoms with Gasteiger partial charge in [-0.2, -0.15) is 0 Å². The average Bonchev–Trinajstić information content (AvgIpc) is 3.60. The van der Waals surface area contributed by atoms with E-state index in [1.807, 2.05) is 0 Å². The van der Waals surface area contributed by atoms with E-state index in [0.29, 0.717) is 35.5 Å². The molecule has 5 heteroatoms. The Balaban J connectivity index is 1.36. The highest BCUT2D eigenvalue weighted by atomic mass is 31.1. The molecule has 0 aromatic carbocycles. The number of hydrogen-bond donors (Lipinski definition) is 4. The summed E-state index contributed by atoms with van der Waals surface area (Å²) in [6.45, 7) is 2.16. The lowest BCUT2D eigenvalue weighted by Crippen LogP contribution is -2.24. The molecule has 0 heterocycles. The van der Waals surface area contributed by atoms with Crippen LogP contribution in [0.15, 0.2) is 11.9 Å². The Morgan fingerprint density at radius 3 is 1.15 bits per heavy atom. The monoisotopic (exact) mass is 494 g/mol. The summed E-state index contributed by atoms with van der Waals surface area (Å²) in [5.74, 6) is 6.37. The predicted molar refractivity (Wildman–Crippen MR) is 141 cm³/mol. The lowest BCUT2D eigenvalue weighted by atomic mass is 9.77. The van der Waals surface area contributed by atoms with E-state index in [-0.39, 0.29) is 32.3 Å². The zero-order valence-corrected chi connectivity index (χ0v) is 22.4. The maximum absolute atomic E-state index is 10.2. The van der Waals surface area contributed by atoms with E-state index in [4.69, 9.17) is 0 Å². The van der Waals surface area contributed by atoms with Gasteiger partial charge in [-0.15, -0.1) is 0 Å². The summed E-state index contributed by atoms with van der Waals surface area (Å²) in [5.41, 5.74) is 0. The second kappa shape index (κ2) is 13.0. The minimum atomic E-state index is -0.158. The number of hydrogen-bond acceptors (Lipinski definition) is 4. The molecule has 34 heavy (non-hydrogen) atoms. The van der Waals surface area contributed by atoms with Gasteiger partial charge in [0.05, 0.1) is 24.4 Å². The molecule has 4 aliphatic carbocycles. The van der Waals surface area contributed by atoms with Gasteiger partial charge in [0.1, 0.15) is 0 Å². The summed E-state index contributed by atoms with van der Waals surface area (Å²) in [7, 11) is -0.158.